The van der Waals surface area contributed by atoms with Crippen molar-refractivity contribution in [2.45, 2.75) is 19.3 Å². The van der Waals surface area contributed by atoms with Gasteiger partial charge in [-0.25, -0.2) is 0 Å². The molecule has 0 heterocycles. The van der Waals surface area contributed by atoms with Crippen molar-refractivity contribution in [2.75, 3.05) is 14.2 Å². The fourth-order valence-electron chi connectivity index (χ4n) is 1.63. The number of ether oxygens (including phenoxy) is 2. The largest absolute Gasteiger partial charge is 0.497 e. The van der Waals surface area contributed by atoms with E-state index in [1.807, 2.05) is 6.92 Å². The number of benzene rings is 1. The maximum absolute atomic E-state index is 11.1. The zero-order valence-corrected chi connectivity index (χ0v) is 9.69. The van der Waals surface area contributed by atoms with Crippen molar-refractivity contribution in [3.63, 3.8) is 0 Å². The van der Waals surface area contributed by atoms with E-state index < -0.39 is 11.9 Å². The van der Waals surface area contributed by atoms with Crippen molar-refractivity contribution in [3.8, 4) is 11.5 Å². The molecule has 0 radical (unpaired) electrons. The normalized spacial score (nSPS) is 11.9. The topological polar surface area (TPSA) is 55.8 Å². The number of rotatable bonds is 5. The van der Waals surface area contributed by atoms with Crippen LogP contribution in [-0.4, -0.2) is 25.3 Å². The quantitative estimate of drug-likeness (QED) is 0.833. The molecule has 0 bridgehead atoms. The highest BCUT2D eigenvalue weighted by molar-refractivity contribution is 5.77. The summed E-state index contributed by atoms with van der Waals surface area (Å²) in [5, 5.41) is 9.09. The monoisotopic (exact) mass is 224 g/mol. The van der Waals surface area contributed by atoms with E-state index in [0.29, 0.717) is 23.5 Å². The van der Waals surface area contributed by atoms with Gasteiger partial charge in [-0.2, -0.15) is 0 Å². The Kier molecular flexibility index (Phi) is 4.17. The number of carbonyl (C=O) groups is 1. The third-order valence-corrected chi connectivity index (χ3v) is 2.52. The molecule has 1 aromatic carbocycles. The van der Waals surface area contributed by atoms with Crippen molar-refractivity contribution >= 4 is 5.97 Å². The predicted molar refractivity (Wildman–Crippen MR) is 60.2 cm³/mol. The molecule has 1 N–H and O–H groups in total. The van der Waals surface area contributed by atoms with E-state index in [2.05, 4.69) is 0 Å². The molecule has 0 saturated carbocycles. The Morgan fingerprint density at radius 2 is 2.06 bits per heavy atom. The minimum Gasteiger partial charge on any atom is -0.497 e. The van der Waals surface area contributed by atoms with Crippen LogP contribution in [0.2, 0.25) is 0 Å². The summed E-state index contributed by atoms with van der Waals surface area (Å²) in [6.07, 6.45) is 0.526. The summed E-state index contributed by atoms with van der Waals surface area (Å²) in [5.41, 5.74) is 0.679. The molecular formula is C12H16O4. The fraction of sp³-hybridized carbons (Fsp3) is 0.417. The highest BCUT2D eigenvalue weighted by Crippen LogP contribution is 2.32. The van der Waals surface area contributed by atoms with Gasteiger partial charge in [0.25, 0.3) is 0 Å². The molecule has 1 atom stereocenters. The van der Waals surface area contributed by atoms with Gasteiger partial charge >= 0.3 is 5.97 Å². The zero-order chi connectivity index (χ0) is 12.1. The maximum atomic E-state index is 11.1. The van der Waals surface area contributed by atoms with Gasteiger partial charge < -0.3 is 14.6 Å². The van der Waals surface area contributed by atoms with Crippen molar-refractivity contribution < 1.29 is 19.4 Å². The molecule has 0 aliphatic carbocycles. The first-order chi connectivity index (χ1) is 7.63. The highest BCUT2D eigenvalue weighted by Gasteiger charge is 2.21. The van der Waals surface area contributed by atoms with E-state index in [1.54, 1.807) is 25.3 Å². The summed E-state index contributed by atoms with van der Waals surface area (Å²) >= 11 is 0. The minimum atomic E-state index is -0.842. The number of hydrogen-bond donors (Lipinski definition) is 1. The molecule has 16 heavy (non-hydrogen) atoms. The van der Waals surface area contributed by atoms with Crippen LogP contribution in [0, 0.1) is 0 Å². The van der Waals surface area contributed by atoms with Gasteiger partial charge in [-0.1, -0.05) is 13.0 Å². The third kappa shape index (κ3) is 2.45. The van der Waals surface area contributed by atoms with Crippen molar-refractivity contribution in [2.24, 2.45) is 0 Å². The highest BCUT2D eigenvalue weighted by atomic mass is 16.5. The van der Waals surface area contributed by atoms with Gasteiger partial charge in [-0.3, -0.25) is 4.79 Å². The minimum absolute atomic E-state index is 0.526. The first-order valence-corrected chi connectivity index (χ1v) is 5.08. The molecule has 1 aromatic rings. The van der Waals surface area contributed by atoms with Crippen LogP contribution in [-0.2, 0) is 4.79 Å². The van der Waals surface area contributed by atoms with Crippen LogP contribution >= 0.6 is 0 Å². The molecule has 0 saturated heterocycles. The Morgan fingerprint density at radius 3 is 2.50 bits per heavy atom. The lowest BCUT2D eigenvalue weighted by Gasteiger charge is -2.15. The summed E-state index contributed by atoms with van der Waals surface area (Å²) < 4.78 is 10.2. The van der Waals surface area contributed by atoms with E-state index >= 15 is 0 Å². The van der Waals surface area contributed by atoms with Crippen LogP contribution < -0.4 is 9.47 Å². The maximum Gasteiger partial charge on any atom is 0.311 e. The van der Waals surface area contributed by atoms with E-state index in [1.165, 1.54) is 7.11 Å². The van der Waals surface area contributed by atoms with E-state index in [9.17, 15) is 4.79 Å². The van der Waals surface area contributed by atoms with Crippen LogP contribution in [0.3, 0.4) is 0 Å². The molecule has 4 nitrogen and oxygen atoms in total. The van der Waals surface area contributed by atoms with Crippen molar-refractivity contribution in [1.82, 2.24) is 0 Å². The van der Waals surface area contributed by atoms with E-state index in [4.69, 9.17) is 14.6 Å². The second-order valence-corrected chi connectivity index (χ2v) is 3.41. The predicted octanol–water partition coefficient (Wildman–Crippen LogP) is 2.28. The number of aliphatic carboxylic acids is 1. The van der Waals surface area contributed by atoms with Gasteiger partial charge in [0, 0.05) is 11.6 Å². The molecule has 0 aliphatic heterocycles. The van der Waals surface area contributed by atoms with Gasteiger partial charge in [0.15, 0.2) is 0 Å². The lowest BCUT2D eigenvalue weighted by Crippen LogP contribution is -2.11. The standard InChI is InChI=1S/C12H16O4/c1-4-9(12(13)14)10-6-5-8(15-2)7-11(10)16-3/h5-7,9H,4H2,1-3H3,(H,13,14). The molecule has 88 valence electrons. The van der Waals surface area contributed by atoms with E-state index in [-0.39, 0.29) is 0 Å². The first kappa shape index (κ1) is 12.4. The lowest BCUT2D eigenvalue weighted by atomic mass is 9.95. The fourth-order valence-corrected chi connectivity index (χ4v) is 1.63. The van der Waals surface area contributed by atoms with Gasteiger partial charge in [-0.05, 0) is 12.5 Å². The lowest BCUT2D eigenvalue weighted by molar-refractivity contribution is -0.138. The van der Waals surface area contributed by atoms with Gasteiger partial charge in [0.1, 0.15) is 11.5 Å². The van der Waals surface area contributed by atoms with Crippen LogP contribution in [0.4, 0.5) is 0 Å². The average molecular weight is 224 g/mol. The van der Waals surface area contributed by atoms with Gasteiger partial charge in [-0.15, -0.1) is 0 Å². The average Bonchev–Trinajstić information content (AvgIpc) is 2.29. The Bertz CT molecular complexity index is 373. The molecule has 0 spiro atoms. The molecule has 1 unspecified atom stereocenters. The Morgan fingerprint density at radius 1 is 1.38 bits per heavy atom. The smallest absolute Gasteiger partial charge is 0.311 e. The molecular weight excluding hydrogens is 208 g/mol. The van der Waals surface area contributed by atoms with Crippen molar-refractivity contribution in [3.05, 3.63) is 23.8 Å². The first-order valence-electron chi connectivity index (χ1n) is 5.08. The van der Waals surface area contributed by atoms with Crippen LogP contribution in [0.25, 0.3) is 0 Å². The number of hydrogen-bond acceptors (Lipinski definition) is 3. The second kappa shape index (κ2) is 5.39. The van der Waals surface area contributed by atoms with Crippen LogP contribution in [0.1, 0.15) is 24.8 Å². The third-order valence-electron chi connectivity index (χ3n) is 2.52. The Hall–Kier alpha value is -1.71. The van der Waals surface area contributed by atoms with Crippen LogP contribution in [0.15, 0.2) is 18.2 Å². The molecule has 1 rings (SSSR count). The summed E-state index contributed by atoms with van der Waals surface area (Å²) in [5.74, 6) is -0.179. The Balaban J connectivity index is 3.16. The molecule has 4 heteroatoms. The number of carboxylic acid groups (broad SMARTS) is 1. The van der Waals surface area contributed by atoms with E-state index in [0.717, 1.165) is 0 Å². The Labute approximate surface area is 94.8 Å². The molecule has 0 fully saturated rings. The molecule has 0 aliphatic rings. The number of carboxylic acids is 1. The SMILES string of the molecule is CCC(C(=O)O)c1ccc(OC)cc1OC. The summed E-state index contributed by atoms with van der Waals surface area (Å²) in [7, 11) is 3.08. The molecule has 0 aromatic heterocycles. The zero-order valence-electron chi connectivity index (χ0n) is 9.69. The van der Waals surface area contributed by atoms with Gasteiger partial charge in [0.05, 0.1) is 20.1 Å². The van der Waals surface area contributed by atoms with Crippen molar-refractivity contribution in [1.29, 1.82) is 0 Å². The second-order valence-electron chi connectivity index (χ2n) is 3.41. The number of methoxy groups -OCH3 is 2. The summed E-state index contributed by atoms with van der Waals surface area (Å²) in [6, 6.07) is 5.17. The van der Waals surface area contributed by atoms with Crippen LogP contribution in [0.5, 0.6) is 11.5 Å². The molecule has 0 amide bonds. The summed E-state index contributed by atoms with van der Waals surface area (Å²) in [4.78, 5) is 11.1. The van der Waals surface area contributed by atoms with Gasteiger partial charge in [0.2, 0.25) is 0 Å². The summed E-state index contributed by atoms with van der Waals surface area (Å²) in [6.45, 7) is 1.84.